The van der Waals surface area contributed by atoms with E-state index in [1.54, 1.807) is 43.5 Å². The minimum Gasteiger partial charge on any atom is -0.290 e. The lowest BCUT2D eigenvalue weighted by Crippen LogP contribution is -2.23. The number of rotatable bonds is 3. The van der Waals surface area contributed by atoms with Crippen molar-refractivity contribution in [2.45, 2.75) is 0 Å². The molecule has 9 heteroatoms. The Hall–Kier alpha value is -2.35. The smallest absolute Gasteiger partial charge is 0.288 e. The number of halogens is 2. The Morgan fingerprint density at radius 2 is 2.00 bits per heavy atom. The molecule has 132 valence electrons. The second kappa shape index (κ2) is 7.49. The van der Waals surface area contributed by atoms with Crippen molar-refractivity contribution in [2.24, 2.45) is 4.99 Å². The third-order valence-electron chi connectivity index (χ3n) is 3.50. The molecule has 0 bridgehead atoms. The van der Waals surface area contributed by atoms with Crippen LogP contribution in [0.1, 0.15) is 5.56 Å². The number of aliphatic imine (C=N–C) groups is 1. The van der Waals surface area contributed by atoms with E-state index in [2.05, 4.69) is 4.99 Å². The van der Waals surface area contributed by atoms with Gasteiger partial charge < -0.3 is 0 Å². The fourth-order valence-electron chi connectivity index (χ4n) is 2.22. The van der Waals surface area contributed by atoms with Gasteiger partial charge in [-0.1, -0.05) is 35.3 Å². The Morgan fingerprint density at radius 1 is 1.23 bits per heavy atom. The zero-order valence-corrected chi connectivity index (χ0v) is 15.7. The molecule has 1 fully saturated rings. The first-order valence-corrected chi connectivity index (χ1v) is 8.88. The molecule has 3 rings (SSSR count). The number of nitro benzene ring substituents is 1. The van der Waals surface area contributed by atoms with E-state index < -0.39 is 4.92 Å². The maximum absolute atomic E-state index is 12.4. The van der Waals surface area contributed by atoms with Crippen molar-refractivity contribution >= 4 is 63.5 Å². The molecule has 0 aliphatic carbocycles. The lowest BCUT2D eigenvalue weighted by molar-refractivity contribution is -0.384. The molecule has 0 atom stereocenters. The Bertz CT molecular complexity index is 975. The Morgan fingerprint density at radius 3 is 2.69 bits per heavy atom. The zero-order chi connectivity index (χ0) is 18.8. The molecule has 0 aromatic heterocycles. The number of amides is 1. The number of carbonyl (C=O) groups is 1. The van der Waals surface area contributed by atoms with Crippen LogP contribution in [0.5, 0.6) is 0 Å². The largest absolute Gasteiger partial charge is 0.290 e. The van der Waals surface area contributed by atoms with Crippen molar-refractivity contribution in [3.8, 4) is 0 Å². The average molecular weight is 408 g/mol. The number of hydrogen-bond acceptors (Lipinski definition) is 5. The van der Waals surface area contributed by atoms with E-state index >= 15 is 0 Å². The molecule has 1 saturated heterocycles. The van der Waals surface area contributed by atoms with Gasteiger partial charge in [-0.15, -0.1) is 0 Å². The predicted octanol–water partition coefficient (Wildman–Crippen LogP) is 5.14. The lowest BCUT2D eigenvalue weighted by atomic mass is 10.2. The van der Waals surface area contributed by atoms with Crippen molar-refractivity contribution in [2.75, 3.05) is 7.05 Å². The number of likely N-dealkylation sites (N-methyl/N-ethyl adjacent to an activating group) is 1. The summed E-state index contributed by atoms with van der Waals surface area (Å²) in [5.41, 5.74) is 0.926. The number of hydrogen-bond donors (Lipinski definition) is 0. The summed E-state index contributed by atoms with van der Waals surface area (Å²) in [7, 11) is 1.61. The van der Waals surface area contributed by atoms with Gasteiger partial charge in [0.05, 0.1) is 15.5 Å². The van der Waals surface area contributed by atoms with Crippen molar-refractivity contribution in [3.05, 3.63) is 73.1 Å². The molecule has 2 aromatic carbocycles. The first-order valence-electron chi connectivity index (χ1n) is 7.31. The molecule has 0 N–H and O–H groups in total. The molecule has 0 spiro atoms. The second-order valence-corrected chi connectivity index (χ2v) is 7.17. The van der Waals surface area contributed by atoms with Gasteiger partial charge in [0.1, 0.15) is 5.02 Å². The number of thioether (sulfide) groups is 1. The molecule has 1 amide bonds. The van der Waals surface area contributed by atoms with Gasteiger partial charge in [0.15, 0.2) is 5.17 Å². The summed E-state index contributed by atoms with van der Waals surface area (Å²) in [6.07, 6.45) is 1.58. The normalized spacial score (nSPS) is 17.3. The summed E-state index contributed by atoms with van der Waals surface area (Å²) < 4.78 is 0. The molecule has 0 radical (unpaired) electrons. The van der Waals surface area contributed by atoms with Crippen LogP contribution in [0.15, 0.2) is 52.4 Å². The molecule has 1 aliphatic heterocycles. The van der Waals surface area contributed by atoms with Crippen LogP contribution < -0.4 is 0 Å². The van der Waals surface area contributed by atoms with Crippen LogP contribution in [-0.4, -0.2) is 27.9 Å². The van der Waals surface area contributed by atoms with E-state index in [4.69, 9.17) is 23.2 Å². The van der Waals surface area contributed by atoms with Gasteiger partial charge in [-0.3, -0.25) is 19.8 Å². The number of benzene rings is 2. The number of carbonyl (C=O) groups excluding carboxylic acids is 1. The maximum Gasteiger partial charge on any atom is 0.288 e. The highest BCUT2D eigenvalue weighted by Gasteiger charge is 2.30. The van der Waals surface area contributed by atoms with Gasteiger partial charge in [-0.05, 0) is 47.7 Å². The summed E-state index contributed by atoms with van der Waals surface area (Å²) in [6.45, 7) is 0. The lowest BCUT2D eigenvalue weighted by Gasteiger charge is -2.07. The van der Waals surface area contributed by atoms with Crippen molar-refractivity contribution in [3.63, 3.8) is 0 Å². The topological polar surface area (TPSA) is 75.8 Å². The van der Waals surface area contributed by atoms with Crippen LogP contribution >= 0.6 is 35.0 Å². The van der Waals surface area contributed by atoms with Gasteiger partial charge in [-0.25, -0.2) is 4.99 Å². The Labute approximate surface area is 163 Å². The third-order valence-corrected chi connectivity index (χ3v) is 5.12. The van der Waals surface area contributed by atoms with Gasteiger partial charge in [0.25, 0.3) is 11.6 Å². The molecular formula is C17H11Cl2N3O3S. The van der Waals surface area contributed by atoms with Gasteiger partial charge >= 0.3 is 0 Å². The van der Waals surface area contributed by atoms with E-state index in [1.165, 1.54) is 28.8 Å². The maximum atomic E-state index is 12.4. The van der Waals surface area contributed by atoms with Crippen molar-refractivity contribution < 1.29 is 9.72 Å². The first-order chi connectivity index (χ1) is 12.3. The molecule has 1 aliphatic rings. The number of nitrogens with zero attached hydrogens (tertiary/aromatic N) is 3. The summed E-state index contributed by atoms with van der Waals surface area (Å²) in [4.78, 5) is 29.1. The SMILES string of the molecule is CN1C(=O)/C(=C\c2ccc(Cl)c([N+](=O)[O-])c2)SC1=Nc1cccc(Cl)c1. The predicted molar refractivity (Wildman–Crippen MR) is 105 cm³/mol. The van der Waals surface area contributed by atoms with E-state index in [1.807, 2.05) is 0 Å². The summed E-state index contributed by atoms with van der Waals surface area (Å²) in [6, 6.07) is 11.4. The van der Waals surface area contributed by atoms with Gasteiger partial charge in [-0.2, -0.15) is 0 Å². The van der Waals surface area contributed by atoms with Crippen molar-refractivity contribution in [1.29, 1.82) is 0 Å². The average Bonchev–Trinajstić information content (AvgIpc) is 2.84. The van der Waals surface area contributed by atoms with Crippen LogP contribution in [0.3, 0.4) is 0 Å². The Balaban J connectivity index is 1.93. The summed E-state index contributed by atoms with van der Waals surface area (Å²) in [5, 5.41) is 12.1. The monoisotopic (exact) mass is 407 g/mol. The van der Waals surface area contributed by atoms with Crippen LogP contribution in [0.4, 0.5) is 11.4 Å². The minimum absolute atomic E-state index is 0.0443. The van der Waals surface area contributed by atoms with Gasteiger partial charge in [0, 0.05) is 18.1 Å². The van der Waals surface area contributed by atoms with E-state index in [0.717, 1.165) is 0 Å². The summed E-state index contributed by atoms with van der Waals surface area (Å²) in [5.74, 6) is -0.242. The Kier molecular flexibility index (Phi) is 5.31. The number of nitro groups is 1. The summed E-state index contributed by atoms with van der Waals surface area (Å²) >= 11 is 12.9. The van der Waals surface area contributed by atoms with Crippen LogP contribution in [0, 0.1) is 10.1 Å². The fraction of sp³-hybridized carbons (Fsp3) is 0.0588. The molecule has 1 heterocycles. The highest BCUT2D eigenvalue weighted by Crippen LogP contribution is 2.34. The number of amidine groups is 1. The fourth-order valence-corrected chi connectivity index (χ4v) is 3.58. The first kappa shape index (κ1) is 18.4. The van der Waals surface area contributed by atoms with E-state index in [-0.39, 0.29) is 16.6 Å². The van der Waals surface area contributed by atoms with Crippen LogP contribution in [-0.2, 0) is 4.79 Å². The quantitative estimate of drug-likeness (QED) is 0.401. The third kappa shape index (κ3) is 3.90. The zero-order valence-electron chi connectivity index (χ0n) is 13.3. The van der Waals surface area contributed by atoms with Gasteiger partial charge in [0.2, 0.25) is 0 Å². The molecule has 0 unspecified atom stereocenters. The molecule has 2 aromatic rings. The van der Waals surface area contributed by atoms with Crippen molar-refractivity contribution in [1.82, 2.24) is 4.90 Å². The highest BCUT2D eigenvalue weighted by atomic mass is 35.5. The molecule has 6 nitrogen and oxygen atoms in total. The highest BCUT2D eigenvalue weighted by molar-refractivity contribution is 8.18. The standard InChI is InChI=1S/C17H11Cl2N3O3S/c1-21-16(23)15(8-10-5-6-13(19)14(7-10)22(24)25)26-17(21)20-12-4-2-3-11(18)9-12/h2-9H,1H3/b15-8+,20-17?. The molecule has 26 heavy (non-hydrogen) atoms. The van der Waals surface area contributed by atoms with E-state index in [0.29, 0.717) is 26.3 Å². The van der Waals surface area contributed by atoms with Crippen LogP contribution in [0.2, 0.25) is 10.0 Å². The van der Waals surface area contributed by atoms with Crippen LogP contribution in [0.25, 0.3) is 6.08 Å². The second-order valence-electron chi connectivity index (χ2n) is 5.32. The minimum atomic E-state index is -0.563. The molecular weight excluding hydrogens is 397 g/mol. The molecule has 0 saturated carbocycles. The van der Waals surface area contributed by atoms with E-state index in [9.17, 15) is 14.9 Å².